The van der Waals surface area contributed by atoms with Crippen LogP contribution in [0.4, 0.5) is 11.6 Å². The van der Waals surface area contributed by atoms with Gasteiger partial charge in [-0.2, -0.15) is 0 Å². The van der Waals surface area contributed by atoms with E-state index in [0.29, 0.717) is 6.04 Å². The monoisotopic (exact) mass is 303 g/mol. The van der Waals surface area contributed by atoms with Crippen LogP contribution >= 0.6 is 0 Å². The Morgan fingerprint density at radius 1 is 1.18 bits per heavy atom. The third kappa shape index (κ3) is 3.48. The molecule has 1 saturated heterocycles. The smallest absolute Gasteiger partial charge is 0.219 e. The van der Waals surface area contributed by atoms with Gasteiger partial charge in [0.25, 0.3) is 0 Å². The predicted molar refractivity (Wildman–Crippen MR) is 87.1 cm³/mol. The van der Waals surface area contributed by atoms with Gasteiger partial charge in [0.15, 0.2) is 0 Å². The van der Waals surface area contributed by atoms with E-state index in [1.807, 2.05) is 11.8 Å². The third-order valence-electron chi connectivity index (χ3n) is 4.58. The Kier molecular flexibility index (Phi) is 4.45. The lowest BCUT2D eigenvalue weighted by molar-refractivity contribution is -0.129. The van der Waals surface area contributed by atoms with Crippen LogP contribution in [0.25, 0.3) is 0 Å². The first-order valence-corrected chi connectivity index (χ1v) is 8.24. The van der Waals surface area contributed by atoms with Gasteiger partial charge in [-0.1, -0.05) is 12.8 Å². The molecule has 120 valence electrons. The Bertz CT molecular complexity index is 533. The highest BCUT2D eigenvalue weighted by Crippen LogP contribution is 2.23. The molecule has 0 aromatic carbocycles. The standard InChI is InChI=1S/C16H25N5O/c1-12-17-15(19-14-5-3-4-6-14)11-16(18-12)21-9-7-20(8-10-21)13(2)22/h11,14H,3-10H2,1-2H3,(H,17,18,19). The van der Waals surface area contributed by atoms with Crippen molar-refractivity contribution < 1.29 is 4.79 Å². The minimum Gasteiger partial charge on any atom is -0.367 e. The molecular weight excluding hydrogens is 278 g/mol. The third-order valence-corrected chi connectivity index (χ3v) is 4.58. The number of amides is 1. The molecule has 6 nitrogen and oxygen atoms in total. The van der Waals surface area contributed by atoms with Crippen molar-refractivity contribution in [2.24, 2.45) is 0 Å². The van der Waals surface area contributed by atoms with E-state index in [-0.39, 0.29) is 5.91 Å². The maximum atomic E-state index is 11.4. The molecule has 1 saturated carbocycles. The van der Waals surface area contributed by atoms with E-state index >= 15 is 0 Å². The molecule has 0 bridgehead atoms. The molecule has 1 amide bonds. The van der Waals surface area contributed by atoms with Gasteiger partial charge >= 0.3 is 0 Å². The summed E-state index contributed by atoms with van der Waals surface area (Å²) in [6.45, 7) is 6.77. The van der Waals surface area contributed by atoms with Crippen molar-refractivity contribution in [3.8, 4) is 0 Å². The molecule has 1 aliphatic heterocycles. The first-order valence-electron chi connectivity index (χ1n) is 8.24. The Labute approximate surface area is 131 Å². The Hall–Kier alpha value is -1.85. The normalized spacial score (nSPS) is 19.5. The van der Waals surface area contributed by atoms with Crippen molar-refractivity contribution in [2.45, 2.75) is 45.6 Å². The van der Waals surface area contributed by atoms with Crippen molar-refractivity contribution >= 4 is 17.5 Å². The molecule has 2 aliphatic rings. The summed E-state index contributed by atoms with van der Waals surface area (Å²) in [5.74, 6) is 2.86. The molecule has 2 heterocycles. The highest BCUT2D eigenvalue weighted by molar-refractivity contribution is 5.73. The van der Waals surface area contributed by atoms with Gasteiger partial charge in [0.2, 0.25) is 5.91 Å². The number of hydrogen-bond donors (Lipinski definition) is 1. The highest BCUT2D eigenvalue weighted by atomic mass is 16.2. The van der Waals surface area contributed by atoms with Gasteiger partial charge in [-0.05, 0) is 19.8 Å². The summed E-state index contributed by atoms with van der Waals surface area (Å²) < 4.78 is 0. The number of anilines is 2. The van der Waals surface area contributed by atoms with Crippen molar-refractivity contribution in [2.75, 3.05) is 36.4 Å². The molecular formula is C16H25N5O. The molecule has 0 radical (unpaired) electrons. The number of hydrogen-bond acceptors (Lipinski definition) is 5. The van der Waals surface area contributed by atoms with Crippen molar-refractivity contribution in [1.29, 1.82) is 0 Å². The lowest BCUT2D eigenvalue weighted by Gasteiger charge is -2.35. The first kappa shape index (κ1) is 15.1. The minimum atomic E-state index is 0.155. The van der Waals surface area contributed by atoms with E-state index in [1.54, 1.807) is 6.92 Å². The zero-order chi connectivity index (χ0) is 15.5. The molecule has 22 heavy (non-hydrogen) atoms. The number of piperazine rings is 1. The van der Waals surface area contributed by atoms with E-state index in [4.69, 9.17) is 0 Å². The fourth-order valence-corrected chi connectivity index (χ4v) is 3.32. The molecule has 2 fully saturated rings. The lowest BCUT2D eigenvalue weighted by atomic mass is 10.2. The molecule has 1 aliphatic carbocycles. The zero-order valence-corrected chi connectivity index (χ0v) is 13.5. The maximum Gasteiger partial charge on any atom is 0.219 e. The fourth-order valence-electron chi connectivity index (χ4n) is 3.32. The highest BCUT2D eigenvalue weighted by Gasteiger charge is 2.21. The van der Waals surface area contributed by atoms with E-state index in [1.165, 1.54) is 25.7 Å². The second-order valence-corrected chi connectivity index (χ2v) is 6.28. The number of rotatable bonds is 3. The number of aryl methyl sites for hydroxylation is 1. The van der Waals surface area contributed by atoms with Crippen LogP contribution in [0.5, 0.6) is 0 Å². The molecule has 0 spiro atoms. The molecule has 0 atom stereocenters. The van der Waals surface area contributed by atoms with Crippen molar-refractivity contribution in [3.05, 3.63) is 11.9 Å². The summed E-state index contributed by atoms with van der Waals surface area (Å²) in [7, 11) is 0. The summed E-state index contributed by atoms with van der Waals surface area (Å²) in [4.78, 5) is 24.6. The Morgan fingerprint density at radius 2 is 1.86 bits per heavy atom. The van der Waals surface area contributed by atoms with Gasteiger partial charge in [0.05, 0.1) is 0 Å². The number of aromatic nitrogens is 2. The Morgan fingerprint density at radius 3 is 2.50 bits per heavy atom. The summed E-state index contributed by atoms with van der Waals surface area (Å²) in [6, 6.07) is 2.60. The van der Waals surface area contributed by atoms with E-state index in [9.17, 15) is 4.79 Å². The van der Waals surface area contributed by atoms with Crippen LogP contribution in [0.2, 0.25) is 0 Å². The molecule has 6 heteroatoms. The molecule has 0 unspecified atom stereocenters. The lowest BCUT2D eigenvalue weighted by Crippen LogP contribution is -2.48. The molecule has 1 aromatic heterocycles. The van der Waals surface area contributed by atoms with Crippen molar-refractivity contribution in [3.63, 3.8) is 0 Å². The minimum absolute atomic E-state index is 0.155. The van der Waals surface area contributed by atoms with Crippen LogP contribution in [0.15, 0.2) is 6.07 Å². The number of carbonyl (C=O) groups is 1. The van der Waals surface area contributed by atoms with Crippen molar-refractivity contribution in [1.82, 2.24) is 14.9 Å². The van der Waals surface area contributed by atoms with Gasteiger partial charge in [0.1, 0.15) is 17.5 Å². The van der Waals surface area contributed by atoms with Gasteiger partial charge in [-0.3, -0.25) is 4.79 Å². The number of carbonyl (C=O) groups excluding carboxylic acids is 1. The summed E-state index contributed by atoms with van der Waals surface area (Å²) in [5, 5.41) is 3.55. The Balaban J connectivity index is 1.68. The van der Waals surface area contributed by atoms with Crippen LogP contribution in [-0.4, -0.2) is 53.0 Å². The first-order chi connectivity index (χ1) is 10.6. The van der Waals surface area contributed by atoms with Crippen LogP contribution in [0.3, 0.4) is 0 Å². The second-order valence-electron chi connectivity index (χ2n) is 6.28. The van der Waals surface area contributed by atoms with Crippen LogP contribution in [0.1, 0.15) is 38.4 Å². The van der Waals surface area contributed by atoms with Crippen LogP contribution in [0, 0.1) is 6.92 Å². The quantitative estimate of drug-likeness (QED) is 0.923. The van der Waals surface area contributed by atoms with Crippen LogP contribution in [-0.2, 0) is 4.79 Å². The van der Waals surface area contributed by atoms with E-state index in [2.05, 4.69) is 26.3 Å². The fraction of sp³-hybridized carbons (Fsp3) is 0.688. The number of nitrogens with zero attached hydrogens (tertiary/aromatic N) is 4. The van der Waals surface area contributed by atoms with E-state index in [0.717, 1.165) is 43.6 Å². The topological polar surface area (TPSA) is 61.4 Å². The molecule has 1 N–H and O–H groups in total. The maximum absolute atomic E-state index is 11.4. The van der Waals surface area contributed by atoms with Crippen LogP contribution < -0.4 is 10.2 Å². The molecule has 3 rings (SSSR count). The average Bonchev–Trinajstić information content (AvgIpc) is 2.99. The largest absolute Gasteiger partial charge is 0.367 e. The van der Waals surface area contributed by atoms with Gasteiger partial charge in [0, 0.05) is 45.2 Å². The van der Waals surface area contributed by atoms with Gasteiger partial charge < -0.3 is 15.1 Å². The van der Waals surface area contributed by atoms with Gasteiger partial charge in [-0.25, -0.2) is 9.97 Å². The zero-order valence-electron chi connectivity index (χ0n) is 13.5. The van der Waals surface area contributed by atoms with E-state index < -0.39 is 0 Å². The summed E-state index contributed by atoms with van der Waals surface area (Å²) in [5.41, 5.74) is 0. The van der Waals surface area contributed by atoms with Gasteiger partial charge in [-0.15, -0.1) is 0 Å². The molecule has 1 aromatic rings. The number of nitrogens with one attached hydrogen (secondary N) is 1. The second kappa shape index (κ2) is 6.50. The predicted octanol–water partition coefficient (Wildman–Crippen LogP) is 1.81. The average molecular weight is 303 g/mol. The summed E-state index contributed by atoms with van der Waals surface area (Å²) >= 11 is 0. The summed E-state index contributed by atoms with van der Waals surface area (Å²) in [6.07, 6.45) is 5.08. The SMILES string of the molecule is CC(=O)N1CCN(c2cc(NC3CCCC3)nc(C)n2)CC1.